The zero-order valence-corrected chi connectivity index (χ0v) is 13.8. The van der Waals surface area contributed by atoms with Crippen LogP contribution in [0.1, 0.15) is 30.5 Å². The zero-order valence-electron chi connectivity index (χ0n) is 13.8. The molecule has 2 rings (SSSR count). The minimum absolute atomic E-state index is 1.14. The molecule has 0 saturated heterocycles. The van der Waals surface area contributed by atoms with Crippen LogP contribution in [0.15, 0.2) is 60.2 Å². The van der Waals surface area contributed by atoms with Gasteiger partial charge in [0.25, 0.3) is 0 Å². The predicted molar refractivity (Wildman–Crippen MR) is 96.6 cm³/mol. The second-order valence-electron chi connectivity index (χ2n) is 5.49. The van der Waals surface area contributed by atoms with Crippen molar-refractivity contribution in [1.29, 1.82) is 0 Å². The standard InChI is InChI=1S/C22H22/c1-5-6-7-10-17(2)15-20-14-13-19(4)22(16-20)21-12-9-8-11-18(21)3/h5-7,9-10,12-16H,1-4H3/b6-5-,10-7-,17-15+. The van der Waals surface area contributed by atoms with Crippen LogP contribution in [-0.4, -0.2) is 0 Å². The van der Waals surface area contributed by atoms with Gasteiger partial charge in [0.15, 0.2) is 0 Å². The fraction of sp³-hybridized carbons (Fsp3) is 0.182. The lowest BCUT2D eigenvalue weighted by molar-refractivity contribution is 1.41. The molecule has 2 aromatic carbocycles. The van der Waals surface area contributed by atoms with Crippen LogP contribution in [-0.2, 0) is 0 Å². The van der Waals surface area contributed by atoms with Gasteiger partial charge in [0.1, 0.15) is 0 Å². The van der Waals surface area contributed by atoms with Crippen LogP contribution in [0.5, 0.6) is 0 Å². The molecule has 0 aliphatic heterocycles. The Morgan fingerprint density at radius 1 is 1.05 bits per heavy atom. The average Bonchev–Trinajstić information content (AvgIpc) is 2.50. The van der Waals surface area contributed by atoms with Crippen LogP contribution in [0.3, 0.4) is 0 Å². The molecule has 0 fully saturated rings. The van der Waals surface area contributed by atoms with E-state index in [1.165, 1.54) is 27.8 Å². The van der Waals surface area contributed by atoms with Gasteiger partial charge in [-0.3, -0.25) is 0 Å². The lowest BCUT2D eigenvalue weighted by atomic mass is 9.95. The molecule has 110 valence electrons. The summed E-state index contributed by atoms with van der Waals surface area (Å²) in [5, 5.41) is 0. The molecule has 0 nitrogen and oxygen atoms in total. The van der Waals surface area contributed by atoms with Crippen molar-refractivity contribution in [2.24, 2.45) is 0 Å². The summed E-state index contributed by atoms with van der Waals surface area (Å²) < 4.78 is 0. The van der Waals surface area contributed by atoms with E-state index in [4.69, 9.17) is 0 Å². The molecule has 0 radical (unpaired) electrons. The van der Waals surface area contributed by atoms with E-state index in [-0.39, 0.29) is 0 Å². The van der Waals surface area contributed by atoms with E-state index in [9.17, 15) is 0 Å². The molecule has 0 heteroatoms. The Kier molecular flexibility index (Phi) is 5.39. The predicted octanol–water partition coefficient (Wildman–Crippen LogP) is 6.11. The Morgan fingerprint density at radius 3 is 2.59 bits per heavy atom. The third-order valence-corrected chi connectivity index (χ3v) is 3.61. The van der Waals surface area contributed by atoms with Crippen LogP contribution < -0.4 is 0 Å². The molecule has 0 unspecified atom stereocenters. The van der Waals surface area contributed by atoms with E-state index < -0.39 is 0 Å². The Balaban J connectivity index is 2.39. The van der Waals surface area contributed by atoms with Crippen molar-refractivity contribution in [3.63, 3.8) is 0 Å². The Labute approximate surface area is 134 Å². The van der Waals surface area contributed by atoms with Crippen LogP contribution in [0, 0.1) is 26.0 Å². The number of hydrogen-bond donors (Lipinski definition) is 0. The lowest BCUT2D eigenvalue weighted by Crippen LogP contribution is -1.87. The molecule has 0 saturated carbocycles. The number of benzene rings is 1. The first-order chi connectivity index (χ1) is 10.6. The van der Waals surface area contributed by atoms with Gasteiger partial charge < -0.3 is 0 Å². The van der Waals surface area contributed by atoms with Crippen molar-refractivity contribution in [3.05, 3.63) is 89.0 Å². The summed E-state index contributed by atoms with van der Waals surface area (Å²) in [6.07, 6.45) is 10.5. The maximum absolute atomic E-state index is 3.16. The number of aryl methyl sites for hydroxylation is 1. The minimum atomic E-state index is 1.14. The number of rotatable bonds is 4. The molecule has 2 aromatic rings. The van der Waals surface area contributed by atoms with E-state index in [2.05, 4.69) is 75.4 Å². The van der Waals surface area contributed by atoms with Gasteiger partial charge in [0, 0.05) is 5.56 Å². The highest BCUT2D eigenvalue weighted by Crippen LogP contribution is 2.27. The van der Waals surface area contributed by atoms with Crippen LogP contribution >= 0.6 is 0 Å². The summed E-state index contributed by atoms with van der Waals surface area (Å²) in [6, 6.07) is 16.8. The summed E-state index contributed by atoms with van der Waals surface area (Å²) >= 11 is 0. The van der Waals surface area contributed by atoms with Crippen molar-refractivity contribution in [1.82, 2.24) is 0 Å². The van der Waals surface area contributed by atoms with Crippen LogP contribution in [0.2, 0.25) is 0 Å². The molecular formula is C22H22. The monoisotopic (exact) mass is 286 g/mol. The smallest absolute Gasteiger partial charge is 0.00715 e. The third-order valence-electron chi connectivity index (χ3n) is 3.61. The maximum Gasteiger partial charge on any atom is 0.00715 e. The molecular weight excluding hydrogens is 264 g/mol. The third kappa shape index (κ3) is 3.99. The van der Waals surface area contributed by atoms with Crippen molar-refractivity contribution in [2.45, 2.75) is 27.7 Å². The van der Waals surface area contributed by atoms with Gasteiger partial charge >= 0.3 is 0 Å². The summed E-state index contributed by atoms with van der Waals surface area (Å²) in [5.41, 5.74) is 7.36. The normalized spacial score (nSPS) is 12.1. The lowest BCUT2D eigenvalue weighted by Gasteiger charge is -2.09. The van der Waals surface area contributed by atoms with E-state index in [0.29, 0.717) is 0 Å². The van der Waals surface area contributed by atoms with E-state index >= 15 is 0 Å². The van der Waals surface area contributed by atoms with Gasteiger partial charge in [-0.1, -0.05) is 60.2 Å². The van der Waals surface area contributed by atoms with Gasteiger partial charge in [0.05, 0.1) is 0 Å². The summed E-state index contributed by atoms with van der Waals surface area (Å²) in [5.74, 6) is 0. The average molecular weight is 286 g/mol. The highest BCUT2D eigenvalue weighted by Gasteiger charge is 2.05. The Hall–Kier alpha value is -2.52. The van der Waals surface area contributed by atoms with Crippen LogP contribution in [0.4, 0.5) is 0 Å². The first-order valence-corrected chi connectivity index (χ1v) is 7.59. The highest BCUT2D eigenvalue weighted by atomic mass is 14.1. The van der Waals surface area contributed by atoms with Gasteiger partial charge in [-0.15, -0.1) is 0 Å². The molecule has 0 N–H and O–H groups in total. The fourth-order valence-electron chi connectivity index (χ4n) is 2.41. The maximum atomic E-state index is 3.16. The fourth-order valence-corrected chi connectivity index (χ4v) is 2.41. The van der Waals surface area contributed by atoms with Crippen molar-refractivity contribution < 1.29 is 0 Å². The van der Waals surface area contributed by atoms with Crippen molar-refractivity contribution >= 4 is 6.08 Å². The molecule has 0 heterocycles. The van der Waals surface area contributed by atoms with Gasteiger partial charge in [-0.05, 0) is 68.1 Å². The second-order valence-corrected chi connectivity index (χ2v) is 5.49. The summed E-state index contributed by atoms with van der Waals surface area (Å²) in [6.45, 7) is 8.37. The molecule has 0 aliphatic rings. The van der Waals surface area contributed by atoms with E-state index in [1.807, 2.05) is 25.1 Å². The molecule has 0 aliphatic carbocycles. The second kappa shape index (κ2) is 7.48. The van der Waals surface area contributed by atoms with Crippen molar-refractivity contribution in [3.8, 4) is 11.1 Å². The summed E-state index contributed by atoms with van der Waals surface area (Å²) in [4.78, 5) is 0. The molecule has 0 aromatic heterocycles. The first kappa shape index (κ1) is 15.9. The highest BCUT2D eigenvalue weighted by molar-refractivity contribution is 5.73. The molecule has 0 atom stereocenters. The van der Waals surface area contributed by atoms with Gasteiger partial charge in [0.2, 0.25) is 0 Å². The largest absolute Gasteiger partial charge is 0.0877 e. The quantitative estimate of drug-likeness (QED) is 0.595. The Bertz CT molecular complexity index is 727. The topological polar surface area (TPSA) is 0 Å². The van der Waals surface area contributed by atoms with Crippen molar-refractivity contribution in [2.75, 3.05) is 0 Å². The van der Waals surface area contributed by atoms with Gasteiger partial charge in [-0.2, -0.15) is 0 Å². The SMILES string of the molecule is C\C=C/C=C\C(C)=C\c1ccc(C)c(-c2ccc#cc2C)c1. The Morgan fingerprint density at radius 2 is 1.86 bits per heavy atom. The molecule has 22 heavy (non-hydrogen) atoms. The molecule has 0 amide bonds. The number of hydrogen-bond acceptors (Lipinski definition) is 0. The van der Waals surface area contributed by atoms with Gasteiger partial charge in [-0.25, -0.2) is 0 Å². The minimum Gasteiger partial charge on any atom is -0.0877 e. The van der Waals surface area contributed by atoms with Crippen LogP contribution in [0.25, 0.3) is 17.2 Å². The zero-order chi connectivity index (χ0) is 15.9. The summed E-state index contributed by atoms with van der Waals surface area (Å²) in [7, 11) is 0. The number of allylic oxidation sites excluding steroid dienone is 5. The molecule has 0 spiro atoms. The molecule has 0 bridgehead atoms. The van der Waals surface area contributed by atoms with E-state index in [0.717, 1.165) is 5.56 Å². The first-order valence-electron chi connectivity index (χ1n) is 7.59. The van der Waals surface area contributed by atoms with E-state index in [1.54, 1.807) is 0 Å².